The van der Waals surface area contributed by atoms with Crippen LogP contribution in [0, 0.1) is 3.95 Å². The number of anilines is 1. The van der Waals surface area contributed by atoms with Crippen molar-refractivity contribution < 1.29 is 19.8 Å². The first-order chi connectivity index (χ1) is 15.3. The number of pyridine rings is 1. The van der Waals surface area contributed by atoms with Gasteiger partial charge in [0.05, 0.1) is 28.0 Å². The Bertz CT molecular complexity index is 1340. The highest BCUT2D eigenvalue weighted by atomic mass is 35.5. The zero-order chi connectivity index (χ0) is 23.3. The van der Waals surface area contributed by atoms with Crippen molar-refractivity contribution in [2.24, 2.45) is 0 Å². The van der Waals surface area contributed by atoms with Crippen molar-refractivity contribution >= 4 is 74.6 Å². The molecule has 4 rings (SSSR count). The summed E-state index contributed by atoms with van der Waals surface area (Å²) in [4.78, 5) is 24.7. The van der Waals surface area contributed by atoms with Gasteiger partial charge in [0.1, 0.15) is 10.3 Å². The average molecular weight is 508 g/mol. The third kappa shape index (κ3) is 5.83. The molecule has 2 aromatic heterocycles. The second-order valence-corrected chi connectivity index (χ2v) is 8.68. The van der Waals surface area contributed by atoms with E-state index in [9.17, 15) is 9.59 Å². The Morgan fingerprint density at radius 3 is 2.31 bits per heavy atom. The first kappa shape index (κ1) is 23.7. The number of aromatic carboxylic acids is 2. The quantitative estimate of drug-likeness (QED) is 0.215. The molecule has 0 fully saturated rings. The Morgan fingerprint density at radius 2 is 1.69 bits per heavy atom. The Hall–Kier alpha value is -2.98. The van der Waals surface area contributed by atoms with Crippen molar-refractivity contribution in [3.63, 3.8) is 0 Å². The molecule has 7 nitrogen and oxygen atoms in total. The van der Waals surface area contributed by atoms with Gasteiger partial charge < -0.3 is 20.1 Å². The van der Waals surface area contributed by atoms with E-state index in [1.54, 1.807) is 35.6 Å². The van der Waals surface area contributed by atoms with Gasteiger partial charge in [-0.1, -0.05) is 35.3 Å². The van der Waals surface area contributed by atoms with Crippen LogP contribution in [-0.2, 0) is 6.67 Å². The number of para-hydroxylation sites is 1. The van der Waals surface area contributed by atoms with E-state index in [0.717, 1.165) is 19.9 Å². The molecule has 0 amide bonds. The second-order valence-electron chi connectivity index (χ2n) is 6.26. The SMILES string of the molecule is O=C(O)c1ccc(Cl)nc1Cl.O=C(O)c1ccc(NCn2c(=S)sc3ccccc32)cc1. The van der Waals surface area contributed by atoms with Gasteiger partial charge in [0.15, 0.2) is 3.95 Å². The second kappa shape index (κ2) is 10.6. The monoisotopic (exact) mass is 507 g/mol. The Morgan fingerprint density at radius 1 is 1.00 bits per heavy atom. The van der Waals surface area contributed by atoms with Crippen molar-refractivity contribution in [1.82, 2.24) is 9.55 Å². The Labute approximate surface area is 201 Å². The molecule has 0 atom stereocenters. The summed E-state index contributed by atoms with van der Waals surface area (Å²) < 4.78 is 4.00. The third-order valence-corrected chi connectivity index (χ3v) is 6.12. The molecule has 0 bridgehead atoms. The maximum absolute atomic E-state index is 10.8. The summed E-state index contributed by atoms with van der Waals surface area (Å²) >= 11 is 17.8. The number of nitrogens with one attached hydrogen (secondary N) is 1. The van der Waals surface area contributed by atoms with Crippen LogP contribution in [0.15, 0.2) is 60.7 Å². The van der Waals surface area contributed by atoms with Crippen molar-refractivity contribution in [3.8, 4) is 0 Å². The summed E-state index contributed by atoms with van der Waals surface area (Å²) in [5.74, 6) is -2.04. The topological polar surface area (TPSA) is 104 Å². The molecule has 0 saturated heterocycles. The van der Waals surface area contributed by atoms with Gasteiger partial charge in [-0.2, -0.15) is 0 Å². The zero-order valence-corrected chi connectivity index (χ0v) is 19.3. The first-order valence-electron chi connectivity index (χ1n) is 8.97. The van der Waals surface area contributed by atoms with Crippen LogP contribution in [0.2, 0.25) is 10.3 Å². The maximum atomic E-state index is 10.8. The van der Waals surface area contributed by atoms with Gasteiger partial charge >= 0.3 is 11.9 Å². The van der Waals surface area contributed by atoms with Gasteiger partial charge in [0.2, 0.25) is 0 Å². The van der Waals surface area contributed by atoms with Crippen molar-refractivity contribution in [2.45, 2.75) is 6.67 Å². The van der Waals surface area contributed by atoms with E-state index < -0.39 is 11.9 Å². The molecular formula is C21H15Cl2N3O4S2. The lowest BCUT2D eigenvalue weighted by Gasteiger charge is -2.09. The average Bonchev–Trinajstić information content (AvgIpc) is 3.07. The molecule has 2 aromatic carbocycles. The van der Waals surface area contributed by atoms with E-state index in [-0.39, 0.29) is 21.4 Å². The number of hydrogen-bond acceptors (Lipinski definition) is 6. The number of rotatable bonds is 5. The van der Waals surface area contributed by atoms with Gasteiger partial charge in [-0.25, -0.2) is 14.6 Å². The van der Waals surface area contributed by atoms with E-state index in [0.29, 0.717) is 6.67 Å². The Balaban J connectivity index is 0.000000222. The maximum Gasteiger partial charge on any atom is 0.338 e. The number of aromatic nitrogens is 2. The van der Waals surface area contributed by atoms with E-state index >= 15 is 0 Å². The number of carbonyl (C=O) groups is 2. The number of halogens is 2. The minimum atomic E-state index is -1.11. The molecule has 164 valence electrons. The lowest BCUT2D eigenvalue weighted by Crippen LogP contribution is -2.07. The summed E-state index contributed by atoms with van der Waals surface area (Å²) in [6.07, 6.45) is 0. The van der Waals surface area contributed by atoms with Crippen LogP contribution in [0.1, 0.15) is 20.7 Å². The largest absolute Gasteiger partial charge is 0.478 e. The molecule has 0 aliphatic carbocycles. The van der Waals surface area contributed by atoms with Crippen molar-refractivity contribution in [1.29, 1.82) is 0 Å². The van der Waals surface area contributed by atoms with E-state index in [4.69, 9.17) is 45.6 Å². The Kier molecular flexibility index (Phi) is 7.81. The van der Waals surface area contributed by atoms with Crippen LogP contribution < -0.4 is 5.32 Å². The van der Waals surface area contributed by atoms with Crippen molar-refractivity contribution in [2.75, 3.05) is 5.32 Å². The summed E-state index contributed by atoms with van der Waals surface area (Å²) in [5.41, 5.74) is 2.19. The van der Waals surface area contributed by atoms with Gasteiger partial charge in [-0.3, -0.25) is 0 Å². The lowest BCUT2D eigenvalue weighted by molar-refractivity contribution is 0.0686. The molecule has 4 aromatic rings. The molecule has 32 heavy (non-hydrogen) atoms. The van der Waals surface area contributed by atoms with E-state index in [1.807, 2.05) is 28.8 Å². The number of fused-ring (bicyclic) bond motifs is 1. The third-order valence-electron chi connectivity index (χ3n) is 4.19. The zero-order valence-electron chi connectivity index (χ0n) is 16.2. The van der Waals surface area contributed by atoms with Crippen LogP contribution in [0.5, 0.6) is 0 Å². The summed E-state index contributed by atoms with van der Waals surface area (Å²) in [6.45, 7) is 0.551. The van der Waals surface area contributed by atoms with Crippen LogP contribution in [-0.4, -0.2) is 31.7 Å². The summed E-state index contributed by atoms with van der Waals surface area (Å²) in [5, 5.41) is 20.7. The molecule has 0 aliphatic rings. The number of benzene rings is 2. The van der Waals surface area contributed by atoms with Crippen LogP contribution in [0.4, 0.5) is 5.69 Å². The molecule has 3 N–H and O–H groups in total. The first-order valence-corrected chi connectivity index (χ1v) is 11.0. The van der Waals surface area contributed by atoms with Crippen LogP contribution >= 0.6 is 46.8 Å². The summed E-state index contributed by atoms with van der Waals surface area (Å²) in [6, 6.07) is 17.4. The standard InChI is InChI=1S/C15H12N2O2S2.C6H3Cl2NO2/c18-14(19)10-5-7-11(8-6-10)16-9-17-12-3-1-2-4-13(12)21-15(17)20;7-4-2-1-3(6(10)11)5(8)9-4/h1-8,16H,9H2,(H,18,19);1-2H,(H,10,11). The number of carboxylic acids is 2. The molecule has 0 unspecified atom stereocenters. The highest BCUT2D eigenvalue weighted by molar-refractivity contribution is 7.73. The fraction of sp³-hybridized carbons (Fsp3) is 0.0476. The fourth-order valence-electron chi connectivity index (χ4n) is 2.64. The predicted molar refractivity (Wildman–Crippen MR) is 129 cm³/mol. The molecule has 0 radical (unpaired) electrons. The lowest BCUT2D eigenvalue weighted by atomic mass is 10.2. The van der Waals surface area contributed by atoms with Crippen LogP contribution in [0.3, 0.4) is 0 Å². The number of carboxylic acid groups (broad SMARTS) is 2. The highest BCUT2D eigenvalue weighted by Crippen LogP contribution is 2.23. The molecule has 11 heteroatoms. The molecule has 2 heterocycles. The highest BCUT2D eigenvalue weighted by Gasteiger charge is 2.09. The van der Waals surface area contributed by atoms with E-state index in [2.05, 4.69) is 10.3 Å². The molecular weight excluding hydrogens is 493 g/mol. The number of hydrogen-bond donors (Lipinski definition) is 3. The molecule has 0 saturated carbocycles. The van der Waals surface area contributed by atoms with Gasteiger partial charge in [0.25, 0.3) is 0 Å². The minimum Gasteiger partial charge on any atom is -0.478 e. The smallest absolute Gasteiger partial charge is 0.338 e. The van der Waals surface area contributed by atoms with Crippen molar-refractivity contribution in [3.05, 3.63) is 86.1 Å². The minimum absolute atomic E-state index is 0.0453. The van der Waals surface area contributed by atoms with Gasteiger partial charge in [0, 0.05) is 5.69 Å². The normalized spacial score (nSPS) is 10.3. The number of thiazole rings is 1. The predicted octanol–water partition coefficient (Wildman–Crippen LogP) is 6.29. The van der Waals surface area contributed by atoms with Gasteiger partial charge in [-0.15, -0.1) is 11.3 Å². The van der Waals surface area contributed by atoms with Gasteiger partial charge in [-0.05, 0) is 60.7 Å². The summed E-state index contributed by atoms with van der Waals surface area (Å²) in [7, 11) is 0. The fourth-order valence-corrected chi connectivity index (χ4v) is 4.38. The van der Waals surface area contributed by atoms with E-state index in [1.165, 1.54) is 12.1 Å². The molecule has 0 aliphatic heterocycles. The van der Waals surface area contributed by atoms with Crippen LogP contribution in [0.25, 0.3) is 10.2 Å². The molecule has 0 spiro atoms. The number of nitrogens with zero attached hydrogens (tertiary/aromatic N) is 2.